The van der Waals surface area contributed by atoms with Gasteiger partial charge in [-0.15, -0.1) is 0 Å². The third-order valence-electron chi connectivity index (χ3n) is 3.80. The number of unbranched alkanes of at least 4 members (excludes halogenated alkanes) is 1. The van der Waals surface area contributed by atoms with Gasteiger partial charge >= 0.3 is 6.09 Å². The van der Waals surface area contributed by atoms with E-state index in [2.05, 4.69) is 11.9 Å². The van der Waals surface area contributed by atoms with Crippen LogP contribution in [0, 0.1) is 0 Å². The summed E-state index contributed by atoms with van der Waals surface area (Å²) in [5.74, 6) is 0.773. The van der Waals surface area contributed by atoms with Crippen LogP contribution in [-0.4, -0.2) is 40.8 Å². The molecule has 2 rings (SSSR count). The number of carbonyl (C=O) groups excluding carboxylic acids is 1. The Morgan fingerprint density at radius 2 is 2.17 bits per heavy atom. The van der Waals surface area contributed by atoms with Gasteiger partial charge in [-0.25, -0.2) is 4.79 Å². The van der Waals surface area contributed by atoms with E-state index in [1.165, 1.54) is 5.56 Å². The Labute approximate surface area is 139 Å². The van der Waals surface area contributed by atoms with E-state index < -0.39 is 5.60 Å². The molecule has 128 valence electrons. The van der Waals surface area contributed by atoms with Gasteiger partial charge < -0.3 is 14.4 Å². The smallest absolute Gasteiger partial charge is 0.410 e. The third-order valence-corrected chi connectivity index (χ3v) is 3.80. The predicted octanol–water partition coefficient (Wildman–Crippen LogP) is 3.81. The quantitative estimate of drug-likeness (QED) is 0.799. The highest BCUT2D eigenvalue weighted by Gasteiger charge is 2.35. The zero-order chi connectivity index (χ0) is 16.9. The van der Waals surface area contributed by atoms with Crippen molar-refractivity contribution in [1.29, 1.82) is 0 Å². The minimum Gasteiger partial charge on any atom is -0.490 e. The number of hydrogen-bond acceptors (Lipinski definition) is 4. The van der Waals surface area contributed by atoms with Gasteiger partial charge in [0.05, 0.1) is 12.2 Å². The van der Waals surface area contributed by atoms with Crippen molar-refractivity contribution >= 4 is 6.09 Å². The van der Waals surface area contributed by atoms with Crippen molar-refractivity contribution in [1.82, 2.24) is 9.88 Å². The number of ether oxygens (including phenoxy) is 2. The molecule has 23 heavy (non-hydrogen) atoms. The largest absolute Gasteiger partial charge is 0.490 e. The zero-order valence-electron chi connectivity index (χ0n) is 14.7. The SMILES string of the molecule is CCCCc1cncc(OCC2CCN2C(=O)OC(C)(C)C)c1. The molecule has 1 fully saturated rings. The Morgan fingerprint density at radius 3 is 2.78 bits per heavy atom. The Hall–Kier alpha value is -1.78. The topological polar surface area (TPSA) is 51.7 Å². The van der Waals surface area contributed by atoms with Crippen LogP contribution in [0.1, 0.15) is 52.5 Å². The first kappa shape index (κ1) is 17.6. The molecule has 5 nitrogen and oxygen atoms in total. The fraction of sp³-hybridized carbons (Fsp3) is 0.667. The number of amides is 1. The second-order valence-corrected chi connectivity index (χ2v) is 7.06. The van der Waals surface area contributed by atoms with Gasteiger partial charge in [-0.05, 0) is 51.7 Å². The van der Waals surface area contributed by atoms with Crippen molar-refractivity contribution in [2.24, 2.45) is 0 Å². The van der Waals surface area contributed by atoms with Crippen LogP contribution in [0.4, 0.5) is 4.79 Å². The number of pyridine rings is 1. The molecule has 0 saturated carbocycles. The van der Waals surface area contributed by atoms with Gasteiger partial charge in [0.15, 0.2) is 0 Å². The molecule has 2 heterocycles. The fourth-order valence-corrected chi connectivity index (χ4v) is 2.43. The minimum atomic E-state index is -0.463. The number of likely N-dealkylation sites (tertiary alicyclic amines) is 1. The van der Waals surface area contributed by atoms with E-state index in [0.717, 1.165) is 38.0 Å². The molecular weight excluding hydrogens is 292 g/mol. The van der Waals surface area contributed by atoms with Gasteiger partial charge in [0.2, 0.25) is 0 Å². The maximum absolute atomic E-state index is 12.1. The molecule has 1 aliphatic rings. The summed E-state index contributed by atoms with van der Waals surface area (Å²) in [5, 5.41) is 0. The summed E-state index contributed by atoms with van der Waals surface area (Å²) in [4.78, 5) is 18.0. The van der Waals surface area contributed by atoms with E-state index in [4.69, 9.17) is 9.47 Å². The molecule has 5 heteroatoms. The fourth-order valence-electron chi connectivity index (χ4n) is 2.43. The van der Waals surface area contributed by atoms with E-state index in [9.17, 15) is 4.79 Å². The van der Waals surface area contributed by atoms with Gasteiger partial charge in [0.1, 0.15) is 18.0 Å². The summed E-state index contributed by atoms with van der Waals surface area (Å²) in [5.41, 5.74) is 0.734. The van der Waals surface area contributed by atoms with Crippen LogP contribution in [0.15, 0.2) is 18.5 Å². The van der Waals surface area contributed by atoms with Crippen LogP contribution in [-0.2, 0) is 11.2 Å². The standard InChI is InChI=1S/C18H28N2O3/c1-5-6-7-14-10-16(12-19-11-14)22-13-15-8-9-20(15)17(21)23-18(2,3)4/h10-12,15H,5-9,13H2,1-4H3. The van der Waals surface area contributed by atoms with E-state index in [0.29, 0.717) is 6.61 Å². The van der Waals surface area contributed by atoms with Gasteiger partial charge in [-0.3, -0.25) is 4.98 Å². The molecule has 1 amide bonds. The highest BCUT2D eigenvalue weighted by molar-refractivity contribution is 5.69. The number of aryl methyl sites for hydroxylation is 1. The molecule has 1 aliphatic heterocycles. The van der Waals surface area contributed by atoms with Gasteiger partial charge in [0.25, 0.3) is 0 Å². The van der Waals surface area contributed by atoms with Crippen molar-refractivity contribution in [3.8, 4) is 5.75 Å². The first-order valence-corrected chi connectivity index (χ1v) is 8.45. The number of hydrogen-bond donors (Lipinski definition) is 0. The molecule has 0 radical (unpaired) electrons. The maximum atomic E-state index is 12.1. The summed E-state index contributed by atoms with van der Waals surface area (Å²) in [6, 6.07) is 2.13. The number of nitrogens with zero attached hydrogens (tertiary/aromatic N) is 2. The Morgan fingerprint density at radius 1 is 1.39 bits per heavy atom. The van der Waals surface area contributed by atoms with Crippen LogP contribution in [0.5, 0.6) is 5.75 Å². The van der Waals surface area contributed by atoms with Crippen molar-refractivity contribution in [3.05, 3.63) is 24.0 Å². The first-order valence-electron chi connectivity index (χ1n) is 8.45. The monoisotopic (exact) mass is 320 g/mol. The summed E-state index contributed by atoms with van der Waals surface area (Å²) in [6.07, 6.45) is 7.64. The van der Waals surface area contributed by atoms with Crippen molar-refractivity contribution in [2.45, 2.75) is 65.0 Å². The van der Waals surface area contributed by atoms with E-state index in [1.54, 1.807) is 11.1 Å². The molecule has 0 aliphatic carbocycles. The molecule has 1 unspecified atom stereocenters. The van der Waals surface area contributed by atoms with Crippen LogP contribution in [0.25, 0.3) is 0 Å². The lowest BCUT2D eigenvalue weighted by atomic mass is 10.1. The van der Waals surface area contributed by atoms with Gasteiger partial charge in [-0.2, -0.15) is 0 Å². The average molecular weight is 320 g/mol. The number of rotatable bonds is 6. The molecule has 0 spiro atoms. The van der Waals surface area contributed by atoms with Crippen molar-refractivity contribution in [2.75, 3.05) is 13.2 Å². The van der Waals surface area contributed by atoms with Crippen LogP contribution in [0.3, 0.4) is 0 Å². The molecule has 1 aromatic heterocycles. The third kappa shape index (κ3) is 5.41. The second kappa shape index (κ2) is 7.66. The second-order valence-electron chi connectivity index (χ2n) is 7.06. The number of aromatic nitrogens is 1. The predicted molar refractivity (Wildman–Crippen MR) is 89.7 cm³/mol. The lowest BCUT2D eigenvalue weighted by Gasteiger charge is -2.40. The molecular formula is C18H28N2O3. The molecule has 0 bridgehead atoms. The maximum Gasteiger partial charge on any atom is 0.410 e. The summed E-state index contributed by atoms with van der Waals surface area (Å²) in [7, 11) is 0. The molecule has 1 aromatic rings. The lowest BCUT2D eigenvalue weighted by molar-refractivity contribution is -0.0141. The van der Waals surface area contributed by atoms with Gasteiger partial charge in [-0.1, -0.05) is 13.3 Å². The van der Waals surface area contributed by atoms with Crippen LogP contribution >= 0.6 is 0 Å². The van der Waals surface area contributed by atoms with Crippen molar-refractivity contribution < 1.29 is 14.3 Å². The summed E-state index contributed by atoms with van der Waals surface area (Å²) < 4.78 is 11.2. The molecule has 1 saturated heterocycles. The summed E-state index contributed by atoms with van der Waals surface area (Å²) >= 11 is 0. The van der Waals surface area contributed by atoms with Crippen molar-refractivity contribution in [3.63, 3.8) is 0 Å². The van der Waals surface area contributed by atoms with Gasteiger partial charge in [0, 0.05) is 12.7 Å². The van der Waals surface area contributed by atoms with E-state index in [1.807, 2.05) is 33.0 Å². The Balaban J connectivity index is 1.83. The normalized spacial score (nSPS) is 17.6. The Kier molecular flexibility index (Phi) is 5.85. The summed E-state index contributed by atoms with van der Waals surface area (Å²) in [6.45, 7) is 9.03. The lowest BCUT2D eigenvalue weighted by Crippen LogP contribution is -2.55. The highest BCUT2D eigenvalue weighted by atomic mass is 16.6. The Bertz CT molecular complexity index is 525. The van der Waals surface area contributed by atoms with Crippen LogP contribution in [0.2, 0.25) is 0 Å². The first-order chi connectivity index (χ1) is 10.9. The molecule has 0 aromatic carbocycles. The van der Waals surface area contributed by atoms with E-state index >= 15 is 0 Å². The van der Waals surface area contributed by atoms with Crippen LogP contribution < -0.4 is 4.74 Å². The number of carbonyl (C=O) groups is 1. The zero-order valence-corrected chi connectivity index (χ0v) is 14.7. The molecule has 0 N–H and O–H groups in total. The minimum absolute atomic E-state index is 0.0872. The highest BCUT2D eigenvalue weighted by Crippen LogP contribution is 2.22. The van der Waals surface area contributed by atoms with E-state index in [-0.39, 0.29) is 12.1 Å². The average Bonchev–Trinajstić information content (AvgIpc) is 2.42. The molecule has 1 atom stereocenters.